The number of likely N-dealkylation sites (tertiary alicyclic amines) is 1. The van der Waals surface area contributed by atoms with E-state index in [1.807, 2.05) is 55.1 Å². The highest BCUT2D eigenvalue weighted by Gasteiger charge is 2.43. The van der Waals surface area contributed by atoms with Crippen molar-refractivity contribution in [2.45, 2.75) is 39.2 Å². The number of rotatable bonds is 4. The average molecular weight is 325 g/mol. The summed E-state index contributed by atoms with van der Waals surface area (Å²) < 4.78 is 5.62. The lowest BCUT2D eigenvalue weighted by Gasteiger charge is -2.34. The lowest BCUT2D eigenvalue weighted by Crippen LogP contribution is -2.46. The number of carbonyl (C=O) groups excluding carboxylic acids is 1. The van der Waals surface area contributed by atoms with Crippen LogP contribution in [0.4, 0.5) is 0 Å². The Hall–Kier alpha value is -2.43. The number of carbonyl (C=O) groups is 1. The Labute approximate surface area is 142 Å². The molecule has 1 aromatic carbocycles. The van der Waals surface area contributed by atoms with Crippen LogP contribution in [0.5, 0.6) is 5.75 Å². The first-order valence-corrected chi connectivity index (χ1v) is 8.30. The highest BCUT2D eigenvalue weighted by atomic mass is 16.5. The summed E-state index contributed by atoms with van der Waals surface area (Å²) in [5.74, 6) is 1.40. The summed E-state index contributed by atoms with van der Waals surface area (Å²) in [6.07, 6.45) is 1.82. The van der Waals surface area contributed by atoms with Crippen molar-refractivity contribution in [3.8, 4) is 5.75 Å². The second-order valence-corrected chi connectivity index (χ2v) is 6.50. The van der Waals surface area contributed by atoms with Gasteiger partial charge in [0.15, 0.2) is 12.4 Å². The Balaban J connectivity index is 1.77. The van der Waals surface area contributed by atoms with Crippen molar-refractivity contribution < 1.29 is 9.53 Å². The molecule has 0 spiro atoms. The van der Waals surface area contributed by atoms with Crippen LogP contribution in [-0.4, -0.2) is 33.9 Å². The third-order valence-electron chi connectivity index (χ3n) is 4.51. The molecule has 126 valence electrons. The molecule has 1 aromatic heterocycles. The molecule has 1 amide bonds. The average Bonchev–Trinajstić information content (AvgIpc) is 2.96. The quantitative estimate of drug-likeness (QED) is 0.867. The summed E-state index contributed by atoms with van der Waals surface area (Å²) in [7, 11) is 0. The smallest absolute Gasteiger partial charge is 0.261 e. The molecular weight excluding hydrogens is 302 g/mol. The van der Waals surface area contributed by atoms with Crippen molar-refractivity contribution in [3.05, 3.63) is 53.6 Å². The highest BCUT2D eigenvalue weighted by Crippen LogP contribution is 2.37. The van der Waals surface area contributed by atoms with Gasteiger partial charge in [-0.3, -0.25) is 4.79 Å². The van der Waals surface area contributed by atoms with Gasteiger partial charge < -0.3 is 9.64 Å². The zero-order valence-corrected chi connectivity index (χ0v) is 14.5. The van der Waals surface area contributed by atoms with Crippen LogP contribution in [0, 0.1) is 13.8 Å². The van der Waals surface area contributed by atoms with Gasteiger partial charge in [0.25, 0.3) is 5.91 Å². The fourth-order valence-corrected chi connectivity index (χ4v) is 3.30. The van der Waals surface area contributed by atoms with Crippen molar-refractivity contribution in [2.75, 3.05) is 13.2 Å². The maximum absolute atomic E-state index is 12.7. The van der Waals surface area contributed by atoms with Crippen molar-refractivity contribution in [1.82, 2.24) is 14.9 Å². The number of hydrogen-bond acceptors (Lipinski definition) is 4. The molecule has 1 fully saturated rings. The van der Waals surface area contributed by atoms with Crippen LogP contribution in [-0.2, 0) is 10.3 Å². The second kappa shape index (κ2) is 6.59. The number of hydrogen-bond donors (Lipinski definition) is 0. The van der Waals surface area contributed by atoms with Gasteiger partial charge in [-0.15, -0.1) is 0 Å². The van der Waals surface area contributed by atoms with Crippen LogP contribution in [0.25, 0.3) is 0 Å². The van der Waals surface area contributed by atoms with E-state index in [2.05, 4.69) is 16.9 Å². The largest absolute Gasteiger partial charge is 0.484 e. The standard InChI is InChI=1S/C19H23N3O2/c1-14-12-15(2)21-18(20-14)19(3)10-7-11-22(19)17(23)13-24-16-8-5-4-6-9-16/h4-6,8-9,12H,7,10-11,13H2,1-3H3/t19-/m0/s1. The summed E-state index contributed by atoms with van der Waals surface area (Å²) in [6, 6.07) is 11.4. The van der Waals surface area contributed by atoms with Crippen molar-refractivity contribution in [2.24, 2.45) is 0 Å². The van der Waals surface area contributed by atoms with Crippen LogP contribution in [0.2, 0.25) is 0 Å². The van der Waals surface area contributed by atoms with Gasteiger partial charge in [-0.25, -0.2) is 9.97 Å². The first kappa shape index (κ1) is 16.4. The monoisotopic (exact) mass is 325 g/mol. The summed E-state index contributed by atoms with van der Waals surface area (Å²) in [5, 5.41) is 0. The first-order chi connectivity index (χ1) is 11.5. The molecule has 0 bridgehead atoms. The minimum Gasteiger partial charge on any atom is -0.484 e. The van der Waals surface area contributed by atoms with E-state index < -0.39 is 5.54 Å². The van der Waals surface area contributed by atoms with Gasteiger partial charge in [0, 0.05) is 17.9 Å². The molecule has 1 saturated heterocycles. The van der Waals surface area contributed by atoms with E-state index in [0.717, 1.165) is 30.1 Å². The topological polar surface area (TPSA) is 55.3 Å². The Morgan fingerprint density at radius 1 is 1.21 bits per heavy atom. The van der Waals surface area contributed by atoms with Crippen LogP contribution in [0.1, 0.15) is 37.0 Å². The van der Waals surface area contributed by atoms with Crippen LogP contribution >= 0.6 is 0 Å². The van der Waals surface area contributed by atoms with E-state index in [-0.39, 0.29) is 12.5 Å². The van der Waals surface area contributed by atoms with Gasteiger partial charge in [-0.2, -0.15) is 0 Å². The molecular formula is C19H23N3O2. The summed E-state index contributed by atoms with van der Waals surface area (Å²) in [4.78, 5) is 23.8. The summed E-state index contributed by atoms with van der Waals surface area (Å²) in [5.41, 5.74) is 1.39. The minimum absolute atomic E-state index is 0.0263. The van der Waals surface area contributed by atoms with Gasteiger partial charge in [0.1, 0.15) is 5.75 Å². The first-order valence-electron chi connectivity index (χ1n) is 8.30. The normalized spacial score (nSPS) is 20.2. The molecule has 0 radical (unpaired) electrons. The van der Waals surface area contributed by atoms with E-state index in [9.17, 15) is 4.79 Å². The number of aromatic nitrogens is 2. The fraction of sp³-hybridized carbons (Fsp3) is 0.421. The molecule has 0 saturated carbocycles. The highest BCUT2D eigenvalue weighted by molar-refractivity contribution is 5.79. The van der Waals surface area contributed by atoms with Crippen LogP contribution in [0.3, 0.4) is 0 Å². The Bertz CT molecular complexity index is 712. The van der Waals surface area contributed by atoms with E-state index in [1.54, 1.807) is 0 Å². The predicted molar refractivity (Wildman–Crippen MR) is 91.7 cm³/mol. The van der Waals surface area contributed by atoms with Crippen molar-refractivity contribution in [3.63, 3.8) is 0 Å². The zero-order valence-electron chi connectivity index (χ0n) is 14.5. The van der Waals surface area contributed by atoms with Crippen molar-refractivity contribution >= 4 is 5.91 Å². The molecule has 0 aliphatic carbocycles. The number of para-hydroxylation sites is 1. The molecule has 2 heterocycles. The van der Waals surface area contributed by atoms with Gasteiger partial charge >= 0.3 is 0 Å². The van der Waals surface area contributed by atoms with Crippen LogP contribution in [0.15, 0.2) is 36.4 Å². The molecule has 3 rings (SSSR count). The number of nitrogens with zero attached hydrogens (tertiary/aromatic N) is 3. The molecule has 2 aromatic rings. The zero-order chi connectivity index (χ0) is 17.2. The molecule has 1 atom stereocenters. The second-order valence-electron chi connectivity index (χ2n) is 6.50. The van der Waals surface area contributed by atoms with E-state index in [0.29, 0.717) is 12.3 Å². The van der Waals surface area contributed by atoms with Gasteiger partial charge in [0.05, 0.1) is 5.54 Å². The Kier molecular flexibility index (Phi) is 4.51. The van der Waals surface area contributed by atoms with Gasteiger partial charge in [-0.1, -0.05) is 18.2 Å². The van der Waals surface area contributed by atoms with Gasteiger partial charge in [-0.05, 0) is 51.8 Å². The molecule has 5 nitrogen and oxygen atoms in total. The van der Waals surface area contributed by atoms with E-state index in [4.69, 9.17) is 4.74 Å². The lowest BCUT2D eigenvalue weighted by atomic mass is 9.97. The minimum atomic E-state index is -0.464. The molecule has 1 aliphatic heterocycles. The Morgan fingerprint density at radius 3 is 2.54 bits per heavy atom. The van der Waals surface area contributed by atoms with Crippen LogP contribution < -0.4 is 4.74 Å². The van der Waals surface area contributed by atoms with E-state index >= 15 is 0 Å². The maximum Gasteiger partial charge on any atom is 0.261 e. The number of aryl methyl sites for hydroxylation is 2. The number of amides is 1. The third kappa shape index (κ3) is 3.25. The van der Waals surface area contributed by atoms with E-state index in [1.165, 1.54) is 0 Å². The Morgan fingerprint density at radius 2 is 1.88 bits per heavy atom. The molecule has 0 unspecified atom stereocenters. The summed E-state index contributed by atoms with van der Waals surface area (Å²) in [6.45, 7) is 6.71. The van der Waals surface area contributed by atoms with Gasteiger partial charge in [0.2, 0.25) is 0 Å². The third-order valence-corrected chi connectivity index (χ3v) is 4.51. The maximum atomic E-state index is 12.7. The molecule has 24 heavy (non-hydrogen) atoms. The number of benzene rings is 1. The fourth-order valence-electron chi connectivity index (χ4n) is 3.30. The molecule has 1 aliphatic rings. The SMILES string of the molecule is Cc1cc(C)nc([C@]2(C)CCCN2C(=O)COc2ccccc2)n1. The van der Waals surface area contributed by atoms with Crippen molar-refractivity contribution in [1.29, 1.82) is 0 Å². The predicted octanol–water partition coefficient (Wildman–Crippen LogP) is 3.01. The summed E-state index contributed by atoms with van der Waals surface area (Å²) >= 11 is 0. The number of ether oxygens (including phenoxy) is 1. The lowest BCUT2D eigenvalue weighted by molar-refractivity contribution is -0.137. The molecule has 5 heteroatoms. The molecule has 0 N–H and O–H groups in total.